The summed E-state index contributed by atoms with van der Waals surface area (Å²) in [6, 6.07) is 80.2. The van der Waals surface area contributed by atoms with E-state index >= 15 is 0 Å². The van der Waals surface area contributed by atoms with E-state index in [4.69, 9.17) is 4.42 Å². The summed E-state index contributed by atoms with van der Waals surface area (Å²) in [6.45, 7) is 0. The van der Waals surface area contributed by atoms with Crippen LogP contribution in [0.1, 0.15) is 0 Å². The predicted molar refractivity (Wildman–Crippen MR) is 236 cm³/mol. The predicted octanol–water partition coefficient (Wildman–Crippen LogP) is 15.4. The summed E-state index contributed by atoms with van der Waals surface area (Å²) in [6.07, 6.45) is 0. The molecule has 2 heteroatoms. The summed E-state index contributed by atoms with van der Waals surface area (Å²) in [5.74, 6) is 0. The number of hydrogen-bond donors (Lipinski definition) is 0. The molecule has 0 fully saturated rings. The Morgan fingerprint density at radius 1 is 0.286 bits per heavy atom. The molecule has 0 spiro atoms. The summed E-state index contributed by atoms with van der Waals surface area (Å²) >= 11 is 0. The van der Waals surface area contributed by atoms with Crippen LogP contribution in [-0.2, 0) is 0 Å². The van der Waals surface area contributed by atoms with Crippen LogP contribution in [0.15, 0.2) is 229 Å². The molecule has 0 aliphatic rings. The van der Waals surface area contributed by atoms with Crippen LogP contribution in [0.2, 0.25) is 0 Å². The molecule has 10 rings (SSSR count). The van der Waals surface area contributed by atoms with Gasteiger partial charge >= 0.3 is 0 Å². The van der Waals surface area contributed by atoms with Crippen LogP contribution in [0, 0.1) is 0 Å². The fraction of sp³-hybridized carbons (Fsp3) is 0. The first kappa shape index (κ1) is 33.2. The molecule has 0 aliphatic heterocycles. The molecule has 0 aliphatic carbocycles. The SMILES string of the molecule is c1ccc(-c2ccc(N(c3ccc(-c4ccccc4)c(-c4ccccc4)c3)c3cccc(-c4ccccc4)c3-c3ccc4oc5ccccc5c4c3)cc2)cc1. The van der Waals surface area contributed by atoms with Gasteiger partial charge in [0, 0.05) is 27.7 Å². The van der Waals surface area contributed by atoms with E-state index in [1.54, 1.807) is 0 Å². The Balaban J connectivity index is 1.25. The Hall–Kier alpha value is -7.42. The van der Waals surface area contributed by atoms with Gasteiger partial charge in [0.15, 0.2) is 0 Å². The van der Waals surface area contributed by atoms with Gasteiger partial charge in [-0.05, 0) is 98.6 Å². The van der Waals surface area contributed by atoms with E-state index in [9.17, 15) is 0 Å². The van der Waals surface area contributed by atoms with Crippen molar-refractivity contribution in [3.8, 4) is 55.6 Å². The highest BCUT2D eigenvalue weighted by Gasteiger charge is 2.23. The molecule has 1 heterocycles. The fourth-order valence-corrected chi connectivity index (χ4v) is 8.03. The summed E-state index contributed by atoms with van der Waals surface area (Å²) < 4.78 is 6.31. The maximum Gasteiger partial charge on any atom is 0.135 e. The average molecular weight is 716 g/mol. The number of benzene rings is 9. The van der Waals surface area contributed by atoms with Gasteiger partial charge in [-0.15, -0.1) is 0 Å². The van der Waals surface area contributed by atoms with Crippen molar-refractivity contribution in [2.24, 2.45) is 0 Å². The Kier molecular flexibility index (Phi) is 8.55. The van der Waals surface area contributed by atoms with Gasteiger partial charge in [0.2, 0.25) is 0 Å². The molecule has 10 aromatic rings. The van der Waals surface area contributed by atoms with Crippen LogP contribution in [0.25, 0.3) is 77.6 Å². The topological polar surface area (TPSA) is 16.4 Å². The Bertz CT molecular complexity index is 2930. The van der Waals surface area contributed by atoms with Gasteiger partial charge in [-0.3, -0.25) is 0 Å². The molecule has 0 amide bonds. The van der Waals surface area contributed by atoms with Crippen molar-refractivity contribution in [1.82, 2.24) is 0 Å². The lowest BCUT2D eigenvalue weighted by molar-refractivity contribution is 0.669. The van der Waals surface area contributed by atoms with Crippen LogP contribution < -0.4 is 4.90 Å². The second kappa shape index (κ2) is 14.4. The zero-order valence-electron chi connectivity index (χ0n) is 30.7. The van der Waals surface area contributed by atoms with Crippen molar-refractivity contribution in [2.45, 2.75) is 0 Å². The van der Waals surface area contributed by atoms with Gasteiger partial charge in [-0.25, -0.2) is 0 Å². The van der Waals surface area contributed by atoms with Crippen molar-refractivity contribution >= 4 is 39.0 Å². The molecule has 0 N–H and O–H groups in total. The second-order valence-electron chi connectivity index (χ2n) is 14.1. The molecule has 1 aromatic heterocycles. The van der Waals surface area contributed by atoms with Crippen molar-refractivity contribution in [3.05, 3.63) is 224 Å². The van der Waals surface area contributed by atoms with E-state index in [1.807, 2.05) is 12.1 Å². The summed E-state index contributed by atoms with van der Waals surface area (Å²) in [4.78, 5) is 2.43. The number of hydrogen-bond acceptors (Lipinski definition) is 2. The monoisotopic (exact) mass is 715 g/mol. The van der Waals surface area contributed by atoms with Gasteiger partial charge in [-0.2, -0.15) is 0 Å². The van der Waals surface area contributed by atoms with Crippen LogP contribution in [-0.4, -0.2) is 0 Å². The number of nitrogens with zero attached hydrogens (tertiary/aromatic N) is 1. The van der Waals surface area contributed by atoms with Crippen LogP contribution in [0.5, 0.6) is 0 Å². The minimum absolute atomic E-state index is 0.881. The van der Waals surface area contributed by atoms with Gasteiger partial charge in [0.25, 0.3) is 0 Å². The number of para-hydroxylation sites is 1. The number of furan rings is 1. The van der Waals surface area contributed by atoms with Crippen LogP contribution in [0.3, 0.4) is 0 Å². The minimum atomic E-state index is 0.881. The van der Waals surface area contributed by atoms with Crippen molar-refractivity contribution in [2.75, 3.05) is 4.90 Å². The Morgan fingerprint density at radius 3 is 1.48 bits per heavy atom. The molecular weight excluding hydrogens is 679 g/mol. The fourth-order valence-electron chi connectivity index (χ4n) is 8.03. The average Bonchev–Trinajstić information content (AvgIpc) is 3.66. The van der Waals surface area contributed by atoms with Crippen LogP contribution >= 0.6 is 0 Å². The van der Waals surface area contributed by atoms with E-state index in [0.29, 0.717) is 0 Å². The molecule has 0 bridgehead atoms. The second-order valence-corrected chi connectivity index (χ2v) is 14.1. The van der Waals surface area contributed by atoms with Gasteiger partial charge in [0.05, 0.1) is 5.69 Å². The highest BCUT2D eigenvalue weighted by Crippen LogP contribution is 2.48. The molecular formula is C54H37NO. The highest BCUT2D eigenvalue weighted by molar-refractivity contribution is 6.08. The largest absolute Gasteiger partial charge is 0.456 e. The van der Waals surface area contributed by atoms with Gasteiger partial charge < -0.3 is 9.32 Å². The van der Waals surface area contributed by atoms with E-state index in [0.717, 1.165) is 61.3 Å². The first-order valence-corrected chi connectivity index (χ1v) is 19.1. The molecule has 0 radical (unpaired) electrons. The number of fused-ring (bicyclic) bond motifs is 3. The first-order valence-electron chi connectivity index (χ1n) is 19.1. The van der Waals surface area contributed by atoms with Gasteiger partial charge in [-0.1, -0.05) is 176 Å². The lowest BCUT2D eigenvalue weighted by atomic mass is 9.90. The third-order valence-corrected chi connectivity index (χ3v) is 10.7. The molecule has 9 aromatic carbocycles. The van der Waals surface area contributed by atoms with Crippen molar-refractivity contribution in [3.63, 3.8) is 0 Å². The van der Waals surface area contributed by atoms with Crippen LogP contribution in [0.4, 0.5) is 17.1 Å². The quantitative estimate of drug-likeness (QED) is 0.156. The molecule has 0 saturated carbocycles. The summed E-state index contributed by atoms with van der Waals surface area (Å²) in [7, 11) is 0. The Labute approximate surface area is 327 Å². The molecule has 0 saturated heterocycles. The molecule has 56 heavy (non-hydrogen) atoms. The first-order chi connectivity index (χ1) is 27.8. The highest BCUT2D eigenvalue weighted by atomic mass is 16.3. The van der Waals surface area contributed by atoms with E-state index in [1.165, 1.54) is 33.4 Å². The summed E-state index contributed by atoms with van der Waals surface area (Å²) in [5, 5.41) is 2.21. The lowest BCUT2D eigenvalue weighted by Crippen LogP contribution is -2.12. The Morgan fingerprint density at radius 2 is 0.804 bits per heavy atom. The molecule has 0 atom stereocenters. The third-order valence-electron chi connectivity index (χ3n) is 10.7. The lowest BCUT2D eigenvalue weighted by Gasteiger charge is -2.30. The summed E-state index contributed by atoms with van der Waals surface area (Å²) in [5.41, 5.74) is 16.7. The van der Waals surface area contributed by atoms with E-state index in [-0.39, 0.29) is 0 Å². The van der Waals surface area contributed by atoms with E-state index in [2.05, 4.69) is 217 Å². The van der Waals surface area contributed by atoms with Crippen molar-refractivity contribution < 1.29 is 4.42 Å². The van der Waals surface area contributed by atoms with Gasteiger partial charge in [0.1, 0.15) is 11.2 Å². The zero-order valence-corrected chi connectivity index (χ0v) is 30.7. The van der Waals surface area contributed by atoms with Crippen molar-refractivity contribution in [1.29, 1.82) is 0 Å². The smallest absolute Gasteiger partial charge is 0.135 e. The molecule has 264 valence electrons. The maximum atomic E-state index is 6.31. The maximum absolute atomic E-state index is 6.31. The molecule has 0 unspecified atom stereocenters. The normalized spacial score (nSPS) is 11.2. The van der Waals surface area contributed by atoms with E-state index < -0.39 is 0 Å². The number of rotatable bonds is 8. The minimum Gasteiger partial charge on any atom is -0.456 e. The third kappa shape index (κ3) is 6.14. The molecule has 2 nitrogen and oxygen atoms in total. The zero-order chi connectivity index (χ0) is 37.3. The standard InChI is InChI=1S/C54H37NO/c1-5-16-38(17-6-1)39-28-31-44(32-29-39)55(45-33-34-46(40-18-7-2-8-19-40)49(37-45)42-22-11-4-12-23-42)51-26-15-25-47(41-20-9-3-10-21-41)54(51)43-30-35-53-50(36-43)48-24-13-14-27-52(48)56-53/h1-37H. The number of anilines is 3.